The van der Waals surface area contributed by atoms with Crippen LogP contribution in [0.5, 0.6) is 0 Å². The lowest BCUT2D eigenvalue weighted by molar-refractivity contribution is -0.117. The number of nitrogens with two attached hydrogens (primary N) is 1. The van der Waals surface area contributed by atoms with E-state index in [9.17, 15) is 13.2 Å². The number of benzene rings is 1. The molecule has 0 atom stereocenters. The lowest BCUT2D eigenvalue weighted by Gasteiger charge is -2.05. The fourth-order valence-electron chi connectivity index (χ4n) is 1.41. The Morgan fingerprint density at radius 1 is 1.41 bits per heavy atom. The predicted molar refractivity (Wildman–Crippen MR) is 80.0 cm³/mol. The van der Waals surface area contributed by atoms with Gasteiger partial charge in [-0.2, -0.15) is 5.26 Å². The number of primary sulfonamides is 1. The summed E-state index contributed by atoms with van der Waals surface area (Å²) in [7, 11) is -2.25. The van der Waals surface area contributed by atoms with E-state index in [2.05, 4.69) is 10.6 Å². The SMILES string of the molecule is COCCNC(=O)/C(C#N)=C\Nc1ccc(S(N)(=O)=O)cc1. The highest BCUT2D eigenvalue weighted by Crippen LogP contribution is 2.13. The number of rotatable bonds is 7. The number of ether oxygens (including phenoxy) is 1. The number of carbonyl (C=O) groups is 1. The van der Waals surface area contributed by atoms with Crippen LogP contribution in [0.15, 0.2) is 40.9 Å². The molecule has 0 unspecified atom stereocenters. The Hall–Kier alpha value is -2.41. The highest BCUT2D eigenvalue weighted by Gasteiger charge is 2.09. The summed E-state index contributed by atoms with van der Waals surface area (Å²) in [5, 5.41) is 19.2. The number of carbonyl (C=O) groups excluding carboxylic acids is 1. The van der Waals surface area contributed by atoms with Crippen molar-refractivity contribution < 1.29 is 17.9 Å². The molecule has 0 aliphatic carbocycles. The Morgan fingerprint density at radius 2 is 2.05 bits per heavy atom. The first-order valence-corrected chi connectivity index (χ1v) is 7.70. The van der Waals surface area contributed by atoms with E-state index < -0.39 is 15.9 Å². The second kappa shape index (κ2) is 8.14. The number of hydrogen-bond acceptors (Lipinski definition) is 6. The molecule has 22 heavy (non-hydrogen) atoms. The number of nitrogens with zero attached hydrogens (tertiary/aromatic N) is 1. The fraction of sp³-hybridized carbons (Fsp3) is 0.231. The molecule has 4 N–H and O–H groups in total. The van der Waals surface area contributed by atoms with Gasteiger partial charge in [-0.15, -0.1) is 0 Å². The zero-order valence-corrected chi connectivity index (χ0v) is 12.7. The van der Waals surface area contributed by atoms with Crippen molar-refractivity contribution >= 4 is 21.6 Å². The maximum Gasteiger partial charge on any atom is 0.263 e. The van der Waals surface area contributed by atoms with Crippen LogP contribution in [0.25, 0.3) is 0 Å². The summed E-state index contributed by atoms with van der Waals surface area (Å²) in [5.74, 6) is -0.534. The molecule has 0 aliphatic rings. The third kappa shape index (κ3) is 5.53. The Balaban J connectivity index is 2.72. The molecule has 0 bridgehead atoms. The van der Waals surface area contributed by atoms with E-state index in [1.54, 1.807) is 6.07 Å². The Morgan fingerprint density at radius 3 is 2.55 bits per heavy atom. The van der Waals surface area contributed by atoms with E-state index in [0.29, 0.717) is 12.3 Å². The summed E-state index contributed by atoms with van der Waals surface area (Å²) >= 11 is 0. The third-order valence-electron chi connectivity index (χ3n) is 2.52. The molecule has 8 nitrogen and oxygen atoms in total. The van der Waals surface area contributed by atoms with Gasteiger partial charge >= 0.3 is 0 Å². The largest absolute Gasteiger partial charge is 0.383 e. The first-order valence-electron chi connectivity index (χ1n) is 6.15. The number of hydrogen-bond donors (Lipinski definition) is 3. The van der Waals surface area contributed by atoms with Gasteiger partial charge in [0.25, 0.3) is 5.91 Å². The van der Waals surface area contributed by atoms with E-state index in [1.807, 2.05) is 0 Å². The van der Waals surface area contributed by atoms with Gasteiger partial charge in [0.05, 0.1) is 11.5 Å². The Bertz CT molecular complexity index is 690. The van der Waals surface area contributed by atoms with Crippen molar-refractivity contribution in [3.05, 3.63) is 36.0 Å². The van der Waals surface area contributed by atoms with Gasteiger partial charge in [0.2, 0.25) is 10.0 Å². The van der Waals surface area contributed by atoms with Crippen LogP contribution >= 0.6 is 0 Å². The van der Waals surface area contributed by atoms with Crippen LogP contribution in [-0.2, 0) is 19.6 Å². The fourth-order valence-corrected chi connectivity index (χ4v) is 1.92. The smallest absolute Gasteiger partial charge is 0.263 e. The van der Waals surface area contributed by atoms with Gasteiger partial charge in [0, 0.05) is 25.5 Å². The molecule has 0 heterocycles. The van der Waals surface area contributed by atoms with E-state index >= 15 is 0 Å². The van der Waals surface area contributed by atoms with E-state index in [0.717, 1.165) is 0 Å². The number of anilines is 1. The van der Waals surface area contributed by atoms with Gasteiger partial charge in [0.1, 0.15) is 11.6 Å². The average Bonchev–Trinajstić information content (AvgIpc) is 2.47. The van der Waals surface area contributed by atoms with Crippen molar-refractivity contribution in [1.82, 2.24) is 5.32 Å². The Labute approximate surface area is 128 Å². The summed E-state index contributed by atoms with van der Waals surface area (Å²) in [6, 6.07) is 7.33. The first-order chi connectivity index (χ1) is 10.4. The van der Waals surface area contributed by atoms with E-state index in [-0.39, 0.29) is 17.0 Å². The normalized spacial score (nSPS) is 11.6. The van der Waals surface area contributed by atoms with Crippen molar-refractivity contribution in [2.24, 2.45) is 5.14 Å². The van der Waals surface area contributed by atoms with Gasteiger partial charge in [0.15, 0.2) is 0 Å². The van der Waals surface area contributed by atoms with Crippen LogP contribution in [-0.4, -0.2) is 34.6 Å². The molecule has 118 valence electrons. The minimum Gasteiger partial charge on any atom is -0.383 e. The van der Waals surface area contributed by atoms with Crippen molar-refractivity contribution in [1.29, 1.82) is 5.26 Å². The van der Waals surface area contributed by atoms with Crippen LogP contribution < -0.4 is 15.8 Å². The van der Waals surface area contributed by atoms with Gasteiger partial charge in [-0.3, -0.25) is 4.79 Å². The summed E-state index contributed by atoms with van der Waals surface area (Å²) < 4.78 is 27.0. The predicted octanol–water partition coefficient (Wildman–Crippen LogP) is -0.0840. The molecule has 1 aromatic carbocycles. The van der Waals surface area contributed by atoms with Crippen molar-refractivity contribution in [3.8, 4) is 6.07 Å². The molecular formula is C13H16N4O4S. The number of sulfonamides is 1. The van der Waals surface area contributed by atoms with Crippen molar-refractivity contribution in [2.75, 3.05) is 25.6 Å². The molecule has 0 aromatic heterocycles. The van der Waals surface area contributed by atoms with Crippen LogP contribution in [0.2, 0.25) is 0 Å². The zero-order chi connectivity index (χ0) is 16.6. The molecule has 1 aromatic rings. The average molecular weight is 324 g/mol. The number of amides is 1. The highest BCUT2D eigenvalue weighted by atomic mass is 32.2. The first kappa shape index (κ1) is 17.6. The summed E-state index contributed by atoms with van der Waals surface area (Å²) in [4.78, 5) is 11.6. The molecule has 0 saturated carbocycles. The molecule has 0 saturated heterocycles. The molecule has 0 spiro atoms. The van der Waals surface area contributed by atoms with Gasteiger partial charge in [-0.05, 0) is 24.3 Å². The maximum absolute atomic E-state index is 11.7. The standard InChI is InChI=1S/C13H16N4O4S/c1-21-7-6-16-13(18)10(8-14)9-17-11-2-4-12(5-3-11)22(15,19)20/h2-5,9,17H,6-7H2,1H3,(H,16,18)(H2,15,19,20)/b10-9-. The molecule has 9 heteroatoms. The van der Waals surface area contributed by atoms with Crippen LogP contribution in [0, 0.1) is 11.3 Å². The topological polar surface area (TPSA) is 134 Å². The lowest BCUT2D eigenvalue weighted by atomic mass is 10.3. The number of methoxy groups -OCH3 is 1. The quantitative estimate of drug-likeness (QED) is 0.365. The maximum atomic E-state index is 11.7. The summed E-state index contributed by atoms with van der Waals surface area (Å²) in [5.41, 5.74) is 0.386. The van der Waals surface area contributed by atoms with Gasteiger partial charge in [-0.25, -0.2) is 13.6 Å². The minimum absolute atomic E-state index is 0.0279. The second-order valence-electron chi connectivity index (χ2n) is 4.13. The lowest BCUT2D eigenvalue weighted by Crippen LogP contribution is -2.28. The number of nitriles is 1. The Kier molecular flexibility index (Phi) is 6.52. The zero-order valence-electron chi connectivity index (χ0n) is 11.9. The van der Waals surface area contributed by atoms with Crippen molar-refractivity contribution in [3.63, 3.8) is 0 Å². The van der Waals surface area contributed by atoms with Gasteiger partial charge < -0.3 is 15.4 Å². The van der Waals surface area contributed by atoms with Crippen LogP contribution in [0.1, 0.15) is 0 Å². The van der Waals surface area contributed by atoms with Crippen LogP contribution in [0.4, 0.5) is 5.69 Å². The highest BCUT2D eigenvalue weighted by molar-refractivity contribution is 7.89. The summed E-state index contributed by atoms with van der Waals surface area (Å²) in [6.45, 7) is 0.629. The number of nitrogens with one attached hydrogen (secondary N) is 2. The molecule has 0 aliphatic heterocycles. The third-order valence-corrected chi connectivity index (χ3v) is 3.45. The van der Waals surface area contributed by atoms with Crippen molar-refractivity contribution in [2.45, 2.75) is 4.90 Å². The van der Waals surface area contributed by atoms with Crippen LogP contribution in [0.3, 0.4) is 0 Å². The molecule has 0 radical (unpaired) electrons. The van der Waals surface area contributed by atoms with Gasteiger partial charge in [-0.1, -0.05) is 0 Å². The molecule has 0 fully saturated rings. The molecule has 1 rings (SSSR count). The monoisotopic (exact) mass is 324 g/mol. The molecule has 1 amide bonds. The minimum atomic E-state index is -3.75. The van der Waals surface area contributed by atoms with E-state index in [1.165, 1.54) is 37.6 Å². The van der Waals surface area contributed by atoms with E-state index in [4.69, 9.17) is 15.1 Å². The second-order valence-corrected chi connectivity index (χ2v) is 5.69. The summed E-state index contributed by atoms with van der Waals surface area (Å²) in [6.07, 6.45) is 1.23. The molecular weight excluding hydrogens is 308 g/mol.